The third kappa shape index (κ3) is 2.87. The molecule has 2 nitrogen and oxygen atoms in total. The van der Waals surface area contributed by atoms with Gasteiger partial charge in [0, 0.05) is 18.3 Å². The van der Waals surface area contributed by atoms with Crippen LogP contribution in [0.1, 0.15) is 25.7 Å². The Labute approximate surface area is 85.6 Å². The van der Waals surface area contributed by atoms with Crippen molar-refractivity contribution in [1.82, 2.24) is 4.90 Å². The molecule has 0 saturated heterocycles. The number of hydrogen-bond acceptors (Lipinski definition) is 1. The van der Waals surface area contributed by atoms with Crippen LogP contribution in [0.2, 0.25) is 0 Å². The van der Waals surface area contributed by atoms with Crippen molar-refractivity contribution < 1.29 is 4.79 Å². The molecule has 1 aliphatic heterocycles. The number of allylic oxidation sites excluding steroid dienone is 2. The Balaban J connectivity index is 2.15. The smallest absolute Gasteiger partial charge is 0.251 e. The summed E-state index contributed by atoms with van der Waals surface area (Å²) in [7, 11) is 0. The van der Waals surface area contributed by atoms with Crippen LogP contribution in [-0.2, 0) is 4.79 Å². The molecule has 0 aromatic heterocycles. The summed E-state index contributed by atoms with van der Waals surface area (Å²) < 4.78 is 0. The number of amides is 1. The van der Waals surface area contributed by atoms with Gasteiger partial charge >= 0.3 is 0 Å². The average Bonchev–Trinajstić information content (AvgIpc) is 2.48. The molecule has 0 aromatic carbocycles. The second-order valence-electron chi connectivity index (χ2n) is 3.45. The van der Waals surface area contributed by atoms with Gasteiger partial charge in [0.25, 0.3) is 5.91 Å². The maximum absolute atomic E-state index is 11.3. The molecule has 0 radical (unpaired) electrons. The second kappa shape index (κ2) is 5.43. The van der Waals surface area contributed by atoms with Gasteiger partial charge in [-0.05, 0) is 25.3 Å². The minimum Gasteiger partial charge on any atom is -0.309 e. The van der Waals surface area contributed by atoms with Gasteiger partial charge in [-0.1, -0.05) is 19.1 Å². The Kier molecular flexibility index (Phi) is 4.17. The molecule has 0 unspecified atom stereocenters. The molecule has 14 heavy (non-hydrogen) atoms. The van der Waals surface area contributed by atoms with Crippen LogP contribution < -0.4 is 0 Å². The van der Waals surface area contributed by atoms with Gasteiger partial charge < -0.3 is 4.90 Å². The first kappa shape index (κ1) is 10.8. The normalized spacial score (nSPS) is 15.3. The first-order valence-electron chi connectivity index (χ1n) is 5.05. The van der Waals surface area contributed by atoms with Crippen LogP contribution in [0.15, 0.2) is 37.1 Å². The van der Waals surface area contributed by atoms with Crippen LogP contribution in [0.3, 0.4) is 0 Å². The molecule has 1 rings (SSSR count). The summed E-state index contributed by atoms with van der Waals surface area (Å²) in [6, 6.07) is 0. The third-order valence-corrected chi connectivity index (χ3v) is 2.32. The molecule has 2 heteroatoms. The van der Waals surface area contributed by atoms with Crippen molar-refractivity contribution >= 4 is 5.91 Å². The molecule has 0 fully saturated rings. The van der Waals surface area contributed by atoms with E-state index in [1.54, 1.807) is 17.1 Å². The molecule has 0 aliphatic carbocycles. The summed E-state index contributed by atoms with van der Waals surface area (Å²) in [6.45, 7) is 8.27. The van der Waals surface area contributed by atoms with E-state index < -0.39 is 0 Å². The monoisotopic (exact) mass is 191 g/mol. The highest BCUT2D eigenvalue weighted by molar-refractivity contribution is 5.92. The Hall–Kier alpha value is -1.31. The van der Waals surface area contributed by atoms with E-state index in [4.69, 9.17) is 0 Å². The standard InChI is InChI=1S/C12H17NO/c1-3-4-5-6-7-10-13-11(2)8-9-12(13)14/h3,8-9H,1-2,4-7,10H2. The van der Waals surface area contributed by atoms with Crippen LogP contribution in [0.4, 0.5) is 0 Å². The fourth-order valence-corrected chi connectivity index (χ4v) is 1.48. The molecule has 0 aromatic rings. The minimum absolute atomic E-state index is 0.0683. The van der Waals surface area contributed by atoms with E-state index >= 15 is 0 Å². The summed E-state index contributed by atoms with van der Waals surface area (Å²) in [5.41, 5.74) is 0.818. The summed E-state index contributed by atoms with van der Waals surface area (Å²) in [4.78, 5) is 13.0. The van der Waals surface area contributed by atoms with Crippen molar-refractivity contribution in [3.63, 3.8) is 0 Å². The van der Waals surface area contributed by atoms with Crippen LogP contribution in [0, 0.1) is 0 Å². The van der Waals surface area contributed by atoms with Crippen molar-refractivity contribution in [1.29, 1.82) is 0 Å². The van der Waals surface area contributed by atoms with Crippen molar-refractivity contribution in [2.75, 3.05) is 6.54 Å². The topological polar surface area (TPSA) is 20.3 Å². The number of rotatable bonds is 6. The number of nitrogens with zero attached hydrogens (tertiary/aromatic N) is 1. The van der Waals surface area contributed by atoms with Crippen molar-refractivity contribution in [2.24, 2.45) is 0 Å². The molecule has 1 heterocycles. The van der Waals surface area contributed by atoms with Crippen molar-refractivity contribution in [3.05, 3.63) is 37.1 Å². The highest BCUT2D eigenvalue weighted by atomic mass is 16.2. The Morgan fingerprint density at radius 3 is 2.64 bits per heavy atom. The molecule has 0 atom stereocenters. The zero-order valence-corrected chi connectivity index (χ0v) is 8.54. The maximum Gasteiger partial charge on any atom is 0.251 e. The molecule has 1 amide bonds. The molecular formula is C12H17NO. The lowest BCUT2D eigenvalue weighted by Gasteiger charge is -2.16. The van der Waals surface area contributed by atoms with E-state index in [2.05, 4.69) is 13.2 Å². The van der Waals surface area contributed by atoms with E-state index in [1.165, 1.54) is 0 Å². The first-order valence-corrected chi connectivity index (χ1v) is 5.05. The lowest BCUT2D eigenvalue weighted by molar-refractivity contribution is -0.123. The Bertz CT molecular complexity index is 247. The predicted octanol–water partition coefficient (Wildman–Crippen LogP) is 2.64. The average molecular weight is 191 g/mol. The number of carbonyl (C=O) groups excluding carboxylic acids is 1. The molecule has 0 spiro atoms. The van der Waals surface area contributed by atoms with Gasteiger partial charge in [-0.25, -0.2) is 0 Å². The van der Waals surface area contributed by atoms with Crippen LogP contribution >= 0.6 is 0 Å². The van der Waals surface area contributed by atoms with Gasteiger partial charge in [-0.3, -0.25) is 4.79 Å². The van der Waals surface area contributed by atoms with Crippen LogP contribution in [-0.4, -0.2) is 17.4 Å². The van der Waals surface area contributed by atoms with Crippen LogP contribution in [0.5, 0.6) is 0 Å². The number of carbonyl (C=O) groups is 1. The first-order chi connectivity index (χ1) is 6.75. The predicted molar refractivity (Wildman–Crippen MR) is 58.7 cm³/mol. The quantitative estimate of drug-likeness (QED) is 0.467. The van der Waals surface area contributed by atoms with Gasteiger partial charge in [-0.2, -0.15) is 0 Å². The Morgan fingerprint density at radius 2 is 2.07 bits per heavy atom. The number of hydrogen-bond donors (Lipinski definition) is 0. The summed E-state index contributed by atoms with van der Waals surface area (Å²) in [5.74, 6) is 0.0683. The van der Waals surface area contributed by atoms with Gasteiger partial charge in [0.2, 0.25) is 0 Å². The largest absolute Gasteiger partial charge is 0.309 e. The Morgan fingerprint density at radius 1 is 1.29 bits per heavy atom. The van der Waals surface area contributed by atoms with Crippen LogP contribution in [0.25, 0.3) is 0 Å². The van der Waals surface area contributed by atoms with Crippen molar-refractivity contribution in [3.8, 4) is 0 Å². The SMILES string of the molecule is C=CCCCCCN1C(=C)C=CC1=O. The van der Waals surface area contributed by atoms with E-state index in [-0.39, 0.29) is 5.91 Å². The van der Waals surface area contributed by atoms with E-state index in [9.17, 15) is 4.79 Å². The van der Waals surface area contributed by atoms with Crippen molar-refractivity contribution in [2.45, 2.75) is 25.7 Å². The van der Waals surface area contributed by atoms with Gasteiger partial charge in [0.1, 0.15) is 0 Å². The van der Waals surface area contributed by atoms with Gasteiger partial charge in [0.05, 0.1) is 0 Å². The fourth-order valence-electron chi connectivity index (χ4n) is 1.48. The second-order valence-corrected chi connectivity index (χ2v) is 3.45. The minimum atomic E-state index is 0.0683. The zero-order chi connectivity index (χ0) is 10.4. The van der Waals surface area contributed by atoms with Gasteiger partial charge in [0.15, 0.2) is 0 Å². The molecule has 76 valence electrons. The zero-order valence-electron chi connectivity index (χ0n) is 8.54. The lowest BCUT2D eigenvalue weighted by atomic mass is 10.2. The molecule has 0 saturated carbocycles. The molecular weight excluding hydrogens is 174 g/mol. The van der Waals surface area contributed by atoms with E-state index in [1.807, 2.05) is 6.08 Å². The van der Waals surface area contributed by atoms with Gasteiger partial charge in [-0.15, -0.1) is 6.58 Å². The number of unbranched alkanes of at least 4 members (excludes halogenated alkanes) is 3. The molecule has 1 aliphatic rings. The summed E-state index contributed by atoms with van der Waals surface area (Å²) in [5, 5.41) is 0. The third-order valence-electron chi connectivity index (χ3n) is 2.32. The summed E-state index contributed by atoms with van der Waals surface area (Å²) in [6.07, 6.45) is 9.68. The maximum atomic E-state index is 11.3. The van der Waals surface area contributed by atoms with E-state index in [0.29, 0.717) is 0 Å². The molecule has 0 bridgehead atoms. The molecule has 0 N–H and O–H groups in total. The lowest BCUT2D eigenvalue weighted by Crippen LogP contribution is -2.24. The fraction of sp³-hybridized carbons (Fsp3) is 0.417. The highest BCUT2D eigenvalue weighted by Crippen LogP contribution is 2.14. The van der Waals surface area contributed by atoms with E-state index in [0.717, 1.165) is 37.9 Å². The highest BCUT2D eigenvalue weighted by Gasteiger charge is 2.17. The summed E-state index contributed by atoms with van der Waals surface area (Å²) >= 11 is 0.